The van der Waals surface area contributed by atoms with Gasteiger partial charge in [-0.3, -0.25) is 0 Å². The van der Waals surface area contributed by atoms with Crippen LogP contribution in [0.5, 0.6) is 5.75 Å². The number of benzene rings is 1. The molecule has 0 aliphatic carbocycles. The highest BCUT2D eigenvalue weighted by molar-refractivity contribution is 5.64. The summed E-state index contributed by atoms with van der Waals surface area (Å²) in [7, 11) is 2.06. The SMILES string of the molecule is Cc1ccc2c(c1)N(C)C(C)(C)O2. The Kier molecular flexibility index (Phi) is 1.56. The monoisotopic (exact) mass is 177 g/mol. The molecule has 0 fully saturated rings. The molecule has 0 N–H and O–H groups in total. The van der Waals surface area contributed by atoms with Gasteiger partial charge in [0.15, 0.2) is 5.72 Å². The van der Waals surface area contributed by atoms with Crippen molar-refractivity contribution in [3.05, 3.63) is 23.8 Å². The molecular weight excluding hydrogens is 162 g/mol. The first-order chi connectivity index (χ1) is 6.00. The van der Waals surface area contributed by atoms with Crippen LogP contribution in [0.3, 0.4) is 0 Å². The first-order valence-electron chi connectivity index (χ1n) is 4.54. The first kappa shape index (κ1) is 8.42. The first-order valence-corrected chi connectivity index (χ1v) is 4.54. The molecule has 1 heterocycles. The minimum absolute atomic E-state index is 0.212. The standard InChI is InChI=1S/C11H15NO/c1-8-5-6-10-9(7-8)12(4)11(2,3)13-10/h5-7H,1-4H3. The van der Waals surface area contributed by atoms with E-state index in [0.29, 0.717) is 0 Å². The lowest BCUT2D eigenvalue weighted by atomic mass is 10.2. The van der Waals surface area contributed by atoms with Gasteiger partial charge in [0.2, 0.25) is 0 Å². The maximum atomic E-state index is 5.79. The number of hydrogen-bond donors (Lipinski definition) is 0. The second kappa shape index (κ2) is 2.41. The summed E-state index contributed by atoms with van der Waals surface area (Å²) >= 11 is 0. The lowest BCUT2D eigenvalue weighted by molar-refractivity contribution is 0.135. The summed E-state index contributed by atoms with van der Waals surface area (Å²) < 4.78 is 5.79. The second-order valence-corrected chi connectivity index (χ2v) is 4.08. The van der Waals surface area contributed by atoms with E-state index in [1.807, 2.05) is 6.07 Å². The van der Waals surface area contributed by atoms with Gasteiger partial charge in [0, 0.05) is 7.05 Å². The van der Waals surface area contributed by atoms with E-state index < -0.39 is 0 Å². The van der Waals surface area contributed by atoms with E-state index in [-0.39, 0.29) is 5.72 Å². The lowest BCUT2D eigenvalue weighted by Crippen LogP contribution is -2.41. The number of aryl methyl sites for hydroxylation is 1. The molecule has 2 heteroatoms. The van der Waals surface area contributed by atoms with E-state index in [4.69, 9.17) is 4.74 Å². The summed E-state index contributed by atoms with van der Waals surface area (Å²) in [5, 5.41) is 0. The maximum absolute atomic E-state index is 5.79. The quantitative estimate of drug-likeness (QED) is 0.604. The zero-order valence-electron chi connectivity index (χ0n) is 8.59. The van der Waals surface area contributed by atoms with Crippen molar-refractivity contribution in [2.24, 2.45) is 0 Å². The minimum Gasteiger partial charge on any atom is -0.466 e. The summed E-state index contributed by atoms with van der Waals surface area (Å²) in [6, 6.07) is 6.27. The van der Waals surface area contributed by atoms with Crippen LogP contribution in [-0.4, -0.2) is 12.8 Å². The molecule has 0 bridgehead atoms. The Labute approximate surface area is 79.1 Å². The molecule has 70 valence electrons. The van der Waals surface area contributed by atoms with Gasteiger partial charge in [-0.15, -0.1) is 0 Å². The summed E-state index contributed by atoms with van der Waals surface area (Å²) in [6.45, 7) is 6.24. The van der Waals surface area contributed by atoms with Crippen molar-refractivity contribution in [3.63, 3.8) is 0 Å². The fourth-order valence-electron chi connectivity index (χ4n) is 1.60. The maximum Gasteiger partial charge on any atom is 0.177 e. The van der Waals surface area contributed by atoms with Gasteiger partial charge in [-0.1, -0.05) is 6.07 Å². The van der Waals surface area contributed by atoms with E-state index in [9.17, 15) is 0 Å². The molecule has 0 spiro atoms. The third-order valence-corrected chi connectivity index (χ3v) is 2.64. The zero-order chi connectivity index (χ0) is 9.64. The molecule has 0 saturated carbocycles. The summed E-state index contributed by atoms with van der Waals surface area (Å²) in [5.74, 6) is 0.984. The summed E-state index contributed by atoms with van der Waals surface area (Å²) in [4.78, 5) is 2.16. The van der Waals surface area contributed by atoms with E-state index >= 15 is 0 Å². The van der Waals surface area contributed by atoms with Gasteiger partial charge in [0.25, 0.3) is 0 Å². The Morgan fingerprint density at radius 1 is 1.31 bits per heavy atom. The third kappa shape index (κ3) is 1.17. The Morgan fingerprint density at radius 2 is 2.00 bits per heavy atom. The van der Waals surface area contributed by atoms with E-state index in [2.05, 4.69) is 44.9 Å². The van der Waals surface area contributed by atoms with Gasteiger partial charge < -0.3 is 9.64 Å². The molecule has 0 unspecified atom stereocenters. The Bertz CT molecular complexity index is 344. The number of nitrogens with zero attached hydrogens (tertiary/aromatic N) is 1. The molecule has 0 amide bonds. The average molecular weight is 177 g/mol. The summed E-state index contributed by atoms with van der Waals surface area (Å²) in [5.41, 5.74) is 2.24. The largest absolute Gasteiger partial charge is 0.466 e. The molecule has 1 aliphatic rings. The molecule has 0 aromatic heterocycles. The van der Waals surface area contributed by atoms with E-state index in [0.717, 1.165) is 5.75 Å². The Morgan fingerprint density at radius 3 is 2.69 bits per heavy atom. The Hall–Kier alpha value is -1.18. The average Bonchev–Trinajstić information content (AvgIpc) is 2.26. The fourth-order valence-corrected chi connectivity index (χ4v) is 1.60. The van der Waals surface area contributed by atoms with Crippen molar-refractivity contribution >= 4 is 5.69 Å². The zero-order valence-corrected chi connectivity index (χ0v) is 8.59. The van der Waals surface area contributed by atoms with Gasteiger partial charge in [0.05, 0.1) is 5.69 Å². The van der Waals surface area contributed by atoms with E-state index in [1.54, 1.807) is 0 Å². The van der Waals surface area contributed by atoms with Crippen molar-refractivity contribution < 1.29 is 4.74 Å². The molecule has 1 aromatic carbocycles. The van der Waals surface area contributed by atoms with Crippen LogP contribution >= 0.6 is 0 Å². The number of rotatable bonds is 0. The van der Waals surface area contributed by atoms with Gasteiger partial charge in [-0.2, -0.15) is 0 Å². The predicted octanol–water partition coefficient (Wildman–Crippen LogP) is 2.56. The van der Waals surface area contributed by atoms with Crippen LogP contribution in [-0.2, 0) is 0 Å². The molecule has 0 radical (unpaired) electrons. The molecule has 2 rings (SSSR count). The topological polar surface area (TPSA) is 12.5 Å². The van der Waals surface area contributed by atoms with Crippen molar-refractivity contribution in [2.45, 2.75) is 26.5 Å². The van der Waals surface area contributed by atoms with Crippen LogP contribution in [0.15, 0.2) is 18.2 Å². The highest BCUT2D eigenvalue weighted by Crippen LogP contribution is 2.41. The van der Waals surface area contributed by atoms with E-state index in [1.165, 1.54) is 11.3 Å². The molecule has 1 aromatic rings. The lowest BCUT2D eigenvalue weighted by Gasteiger charge is -2.27. The third-order valence-electron chi connectivity index (χ3n) is 2.64. The number of hydrogen-bond acceptors (Lipinski definition) is 2. The molecule has 0 atom stereocenters. The van der Waals surface area contributed by atoms with Crippen molar-refractivity contribution in [1.82, 2.24) is 0 Å². The number of fused-ring (bicyclic) bond motifs is 1. The van der Waals surface area contributed by atoms with Crippen LogP contribution in [0, 0.1) is 6.92 Å². The van der Waals surface area contributed by atoms with Crippen molar-refractivity contribution in [2.75, 3.05) is 11.9 Å². The normalized spacial score (nSPS) is 18.3. The van der Waals surface area contributed by atoms with Crippen LogP contribution in [0.2, 0.25) is 0 Å². The summed E-state index contributed by atoms with van der Waals surface area (Å²) in [6.07, 6.45) is 0. The minimum atomic E-state index is -0.212. The van der Waals surface area contributed by atoms with Gasteiger partial charge in [-0.25, -0.2) is 0 Å². The van der Waals surface area contributed by atoms with Crippen molar-refractivity contribution in [1.29, 1.82) is 0 Å². The van der Waals surface area contributed by atoms with Gasteiger partial charge in [-0.05, 0) is 38.5 Å². The van der Waals surface area contributed by atoms with Crippen LogP contribution in [0.4, 0.5) is 5.69 Å². The second-order valence-electron chi connectivity index (χ2n) is 4.08. The molecule has 2 nitrogen and oxygen atoms in total. The van der Waals surface area contributed by atoms with Gasteiger partial charge in [0.1, 0.15) is 5.75 Å². The number of ether oxygens (including phenoxy) is 1. The fraction of sp³-hybridized carbons (Fsp3) is 0.455. The van der Waals surface area contributed by atoms with Crippen LogP contribution in [0.25, 0.3) is 0 Å². The highest BCUT2D eigenvalue weighted by atomic mass is 16.5. The van der Waals surface area contributed by atoms with Crippen LogP contribution in [0.1, 0.15) is 19.4 Å². The molecule has 13 heavy (non-hydrogen) atoms. The molecule has 1 aliphatic heterocycles. The molecule has 0 saturated heterocycles. The van der Waals surface area contributed by atoms with Gasteiger partial charge >= 0.3 is 0 Å². The molecular formula is C11H15NO. The smallest absolute Gasteiger partial charge is 0.177 e. The number of anilines is 1. The predicted molar refractivity (Wildman–Crippen MR) is 54.3 cm³/mol. The highest BCUT2D eigenvalue weighted by Gasteiger charge is 2.34. The van der Waals surface area contributed by atoms with Crippen molar-refractivity contribution in [3.8, 4) is 5.75 Å². The Balaban J connectivity index is 2.51. The van der Waals surface area contributed by atoms with Crippen LogP contribution < -0.4 is 9.64 Å².